The Hall–Kier alpha value is -2.31. The third-order valence-corrected chi connectivity index (χ3v) is 5.17. The number of aromatic nitrogens is 1. The quantitative estimate of drug-likeness (QED) is 0.656. The van der Waals surface area contributed by atoms with Gasteiger partial charge in [0, 0.05) is 28.4 Å². The van der Waals surface area contributed by atoms with Crippen molar-refractivity contribution in [3.8, 4) is 0 Å². The fourth-order valence-electron chi connectivity index (χ4n) is 2.76. The van der Waals surface area contributed by atoms with Crippen LogP contribution in [0.1, 0.15) is 15.9 Å². The van der Waals surface area contributed by atoms with Gasteiger partial charge in [-0.25, -0.2) is 4.79 Å². The zero-order valence-corrected chi connectivity index (χ0v) is 14.6. The van der Waals surface area contributed by atoms with Gasteiger partial charge in [0.15, 0.2) is 11.4 Å². The predicted molar refractivity (Wildman–Crippen MR) is 100 cm³/mol. The number of ketones is 1. The van der Waals surface area contributed by atoms with Gasteiger partial charge in [0.2, 0.25) is 0 Å². The minimum Gasteiger partial charge on any atom is -0.408 e. The molecule has 0 fully saturated rings. The van der Waals surface area contributed by atoms with Crippen molar-refractivity contribution < 1.29 is 9.21 Å². The fourth-order valence-corrected chi connectivity index (χ4v) is 3.77. The Morgan fingerprint density at radius 3 is 2.84 bits per heavy atom. The summed E-state index contributed by atoms with van der Waals surface area (Å²) in [6, 6.07) is 11.8. The molecule has 0 atom stereocenters. The van der Waals surface area contributed by atoms with Gasteiger partial charge in [0.1, 0.15) is 0 Å². The lowest BCUT2D eigenvalue weighted by Gasteiger charge is -2.04. The molecule has 1 aliphatic rings. The highest BCUT2D eigenvalue weighted by Gasteiger charge is 2.17. The maximum atomic E-state index is 12.7. The summed E-state index contributed by atoms with van der Waals surface area (Å²) < 4.78 is 6.79. The molecule has 0 N–H and O–H groups in total. The summed E-state index contributed by atoms with van der Waals surface area (Å²) in [4.78, 5) is 29.2. The van der Waals surface area contributed by atoms with Gasteiger partial charge in [0.05, 0.1) is 17.1 Å². The van der Waals surface area contributed by atoms with E-state index in [1.54, 1.807) is 54.2 Å². The highest BCUT2D eigenvalue weighted by atomic mass is 35.5. The number of nitrogens with zero attached hydrogens (tertiary/aromatic N) is 2. The molecule has 2 heterocycles. The molecule has 1 aliphatic heterocycles. The van der Waals surface area contributed by atoms with Crippen LogP contribution < -0.4 is 5.76 Å². The van der Waals surface area contributed by atoms with Crippen LogP contribution in [0, 0.1) is 0 Å². The molecule has 0 saturated carbocycles. The molecule has 5 nitrogen and oxygen atoms in total. The van der Waals surface area contributed by atoms with Gasteiger partial charge in [-0.05, 0) is 30.3 Å². The van der Waals surface area contributed by atoms with Crippen molar-refractivity contribution in [3.63, 3.8) is 0 Å². The number of thioether (sulfide) groups is 1. The monoisotopic (exact) mass is 372 g/mol. The molecule has 0 spiro atoms. The summed E-state index contributed by atoms with van der Waals surface area (Å²) in [7, 11) is 0. The summed E-state index contributed by atoms with van der Waals surface area (Å²) in [5.41, 5.74) is 2.02. The van der Waals surface area contributed by atoms with Gasteiger partial charge in [0.25, 0.3) is 0 Å². The van der Waals surface area contributed by atoms with E-state index in [0.29, 0.717) is 33.8 Å². The van der Waals surface area contributed by atoms with Crippen molar-refractivity contribution in [2.24, 2.45) is 4.99 Å². The molecule has 25 heavy (non-hydrogen) atoms. The fraction of sp³-hybridized carbons (Fsp3) is 0.167. The number of halogens is 1. The van der Waals surface area contributed by atoms with Crippen LogP contribution in [0.4, 0.5) is 0 Å². The third-order valence-electron chi connectivity index (χ3n) is 3.96. The van der Waals surface area contributed by atoms with E-state index >= 15 is 0 Å². The van der Waals surface area contributed by atoms with Crippen molar-refractivity contribution >= 4 is 45.3 Å². The lowest BCUT2D eigenvalue weighted by Crippen LogP contribution is -2.18. The van der Waals surface area contributed by atoms with E-state index < -0.39 is 5.76 Å². The first-order valence-corrected chi connectivity index (χ1v) is 9.08. The predicted octanol–water partition coefficient (Wildman–Crippen LogP) is 3.62. The average Bonchev–Trinajstić information content (AvgIpc) is 3.22. The molecular formula is C18H13ClN2O3S. The molecule has 126 valence electrons. The summed E-state index contributed by atoms with van der Waals surface area (Å²) in [6.45, 7) is 1.13. The number of benzene rings is 2. The normalized spacial score (nSPS) is 14.0. The average molecular weight is 373 g/mol. The van der Waals surface area contributed by atoms with E-state index in [0.717, 1.165) is 17.3 Å². The minimum absolute atomic E-state index is 0.155. The zero-order valence-electron chi connectivity index (χ0n) is 13.1. The van der Waals surface area contributed by atoms with Gasteiger partial charge >= 0.3 is 5.76 Å². The largest absolute Gasteiger partial charge is 0.420 e. The van der Waals surface area contributed by atoms with Gasteiger partial charge in [-0.2, -0.15) is 0 Å². The van der Waals surface area contributed by atoms with Gasteiger partial charge in [-0.15, -0.1) is 11.8 Å². The van der Waals surface area contributed by atoms with E-state index in [-0.39, 0.29) is 5.78 Å². The van der Waals surface area contributed by atoms with Gasteiger partial charge in [-0.1, -0.05) is 23.7 Å². The van der Waals surface area contributed by atoms with Crippen molar-refractivity contribution in [2.75, 3.05) is 12.3 Å². The van der Waals surface area contributed by atoms with Gasteiger partial charge < -0.3 is 4.42 Å². The number of rotatable bonds is 4. The Labute approximate surface area is 152 Å². The maximum Gasteiger partial charge on any atom is 0.420 e. The van der Waals surface area contributed by atoms with Crippen LogP contribution in [0.3, 0.4) is 0 Å². The third kappa shape index (κ3) is 3.15. The topological polar surface area (TPSA) is 64.6 Å². The van der Waals surface area contributed by atoms with E-state index in [1.807, 2.05) is 0 Å². The second kappa shape index (κ2) is 6.54. The molecule has 1 aromatic heterocycles. The van der Waals surface area contributed by atoms with E-state index in [2.05, 4.69) is 4.99 Å². The Bertz CT molecular complexity index is 1070. The Balaban J connectivity index is 1.76. The first-order valence-electron chi connectivity index (χ1n) is 7.71. The molecule has 0 saturated heterocycles. The lowest BCUT2D eigenvalue weighted by atomic mass is 10.0. The van der Waals surface area contributed by atoms with Crippen LogP contribution in [0.2, 0.25) is 5.02 Å². The number of hydrogen-bond donors (Lipinski definition) is 0. The van der Waals surface area contributed by atoms with E-state index in [4.69, 9.17) is 16.0 Å². The van der Waals surface area contributed by atoms with Crippen molar-refractivity contribution in [2.45, 2.75) is 6.54 Å². The number of carbonyl (C=O) groups excluding carboxylic acids is 1. The Morgan fingerprint density at radius 2 is 2.08 bits per heavy atom. The summed E-state index contributed by atoms with van der Waals surface area (Å²) in [6.07, 6.45) is 0. The molecule has 4 rings (SSSR count). The molecule has 0 radical (unpaired) electrons. The van der Waals surface area contributed by atoms with E-state index in [9.17, 15) is 9.59 Å². The van der Waals surface area contributed by atoms with Crippen LogP contribution in [-0.4, -0.2) is 27.7 Å². The molecule has 2 aromatic carbocycles. The first kappa shape index (κ1) is 16.2. The number of carbonyl (C=O) groups is 1. The van der Waals surface area contributed by atoms with Crippen LogP contribution in [0.5, 0.6) is 0 Å². The standard InChI is InChI=1S/C18H13ClN2O3S/c19-13-3-1-2-11(8-13)17(22)12-4-5-15-14(9-12)21(18(23)24-15)10-16-20-6-7-25-16/h1-5,8-9H,6-7,10H2. The molecular weight excluding hydrogens is 360 g/mol. The molecule has 0 bridgehead atoms. The maximum absolute atomic E-state index is 12.7. The van der Waals surface area contributed by atoms with Gasteiger partial charge in [-0.3, -0.25) is 14.4 Å². The first-order chi connectivity index (χ1) is 12.1. The number of aliphatic imine (C=N–C) groups is 1. The van der Waals surface area contributed by atoms with Crippen LogP contribution >= 0.6 is 23.4 Å². The molecule has 0 unspecified atom stereocenters. The second-order valence-corrected chi connectivity index (χ2v) is 7.20. The zero-order chi connectivity index (χ0) is 17.4. The minimum atomic E-state index is -0.447. The summed E-state index contributed by atoms with van der Waals surface area (Å²) in [5.74, 6) is 0.327. The highest BCUT2D eigenvalue weighted by molar-refractivity contribution is 8.14. The number of oxazole rings is 1. The smallest absolute Gasteiger partial charge is 0.408 e. The SMILES string of the molecule is O=C(c1cccc(Cl)c1)c1ccc2oc(=O)n(CC3=NCCS3)c2c1. The molecule has 7 heteroatoms. The van der Waals surface area contributed by atoms with E-state index in [1.165, 1.54) is 4.57 Å². The Morgan fingerprint density at radius 1 is 1.24 bits per heavy atom. The lowest BCUT2D eigenvalue weighted by molar-refractivity contribution is 0.103. The Kier molecular flexibility index (Phi) is 4.23. The second-order valence-electron chi connectivity index (χ2n) is 5.60. The van der Waals surface area contributed by atoms with Crippen molar-refractivity contribution in [1.29, 1.82) is 0 Å². The van der Waals surface area contributed by atoms with Crippen LogP contribution in [0.15, 0.2) is 56.7 Å². The summed E-state index contributed by atoms with van der Waals surface area (Å²) in [5, 5.41) is 1.40. The van der Waals surface area contributed by atoms with Crippen LogP contribution in [-0.2, 0) is 6.54 Å². The summed E-state index contributed by atoms with van der Waals surface area (Å²) >= 11 is 7.60. The van der Waals surface area contributed by atoms with Crippen LogP contribution in [0.25, 0.3) is 11.1 Å². The molecule has 0 amide bonds. The van der Waals surface area contributed by atoms with Crippen molar-refractivity contribution in [3.05, 3.63) is 69.2 Å². The molecule has 0 aliphatic carbocycles. The molecule has 3 aromatic rings. The number of fused-ring (bicyclic) bond motifs is 1. The highest BCUT2D eigenvalue weighted by Crippen LogP contribution is 2.21. The number of hydrogen-bond acceptors (Lipinski definition) is 5. The van der Waals surface area contributed by atoms with Crippen molar-refractivity contribution in [1.82, 2.24) is 4.57 Å².